The Balaban J connectivity index is 4.51. The molecule has 0 aliphatic carbocycles. The molecular weight excluding hydrogens is 901 g/mol. The summed E-state index contributed by atoms with van der Waals surface area (Å²) in [5.74, 6) is -0.983. The van der Waals surface area contributed by atoms with Gasteiger partial charge >= 0.3 is 17.9 Å². The minimum absolute atomic E-state index is 0.109. The fourth-order valence-corrected chi connectivity index (χ4v) is 7.67. The van der Waals surface area contributed by atoms with E-state index < -0.39 is 6.10 Å². The van der Waals surface area contributed by atoms with Gasteiger partial charge in [-0.3, -0.25) is 14.4 Å². The fourth-order valence-electron chi connectivity index (χ4n) is 7.67. The average Bonchev–Trinajstić information content (AvgIpc) is 3.39. The molecule has 0 radical (unpaired) electrons. The van der Waals surface area contributed by atoms with E-state index in [0.717, 1.165) is 148 Å². The van der Waals surface area contributed by atoms with E-state index in [2.05, 4.69) is 154 Å². The Hall–Kier alpha value is -4.45. The van der Waals surface area contributed by atoms with Crippen LogP contribution < -0.4 is 0 Å². The highest BCUT2D eigenvalue weighted by molar-refractivity contribution is 5.71. The molecule has 0 aliphatic heterocycles. The molecule has 1 atom stereocenters. The second kappa shape index (κ2) is 60.1. The molecule has 0 aromatic rings. The molecule has 0 aliphatic rings. The highest BCUT2D eigenvalue weighted by Gasteiger charge is 2.19. The molecule has 0 heterocycles. The monoisotopic (exact) mass is 1010 g/mol. The van der Waals surface area contributed by atoms with Gasteiger partial charge in [-0.25, -0.2) is 0 Å². The van der Waals surface area contributed by atoms with Crippen LogP contribution in [0.1, 0.15) is 252 Å². The molecule has 6 heteroatoms. The Kier molecular flexibility index (Phi) is 56.4. The Morgan fingerprint density at radius 1 is 0.288 bits per heavy atom. The smallest absolute Gasteiger partial charge is 0.306 e. The third-order valence-corrected chi connectivity index (χ3v) is 12.1. The van der Waals surface area contributed by atoms with Crippen LogP contribution in [-0.4, -0.2) is 37.2 Å². The van der Waals surface area contributed by atoms with E-state index in [4.69, 9.17) is 14.2 Å². The largest absolute Gasteiger partial charge is 0.462 e. The van der Waals surface area contributed by atoms with Gasteiger partial charge in [-0.2, -0.15) is 0 Å². The molecule has 0 aromatic heterocycles. The first-order valence-electron chi connectivity index (χ1n) is 29.7. The van der Waals surface area contributed by atoms with Crippen LogP contribution in [-0.2, 0) is 28.6 Å². The van der Waals surface area contributed by atoms with Gasteiger partial charge in [0.05, 0.1) is 0 Å². The van der Waals surface area contributed by atoms with Crippen molar-refractivity contribution >= 4 is 17.9 Å². The first-order valence-corrected chi connectivity index (χ1v) is 29.7. The molecule has 0 spiro atoms. The quantitative estimate of drug-likeness (QED) is 0.0261. The Morgan fingerprint density at radius 2 is 0.562 bits per heavy atom. The third kappa shape index (κ3) is 58.3. The number of carbonyl (C=O) groups excluding carboxylic acids is 3. The highest BCUT2D eigenvalue weighted by atomic mass is 16.6. The Morgan fingerprint density at radius 3 is 0.918 bits per heavy atom. The van der Waals surface area contributed by atoms with Gasteiger partial charge in [0, 0.05) is 19.3 Å². The van der Waals surface area contributed by atoms with Crippen molar-refractivity contribution in [1.82, 2.24) is 0 Å². The van der Waals surface area contributed by atoms with Gasteiger partial charge in [0.2, 0.25) is 0 Å². The lowest BCUT2D eigenvalue weighted by molar-refractivity contribution is -0.167. The number of rotatable bonds is 52. The number of hydrogen-bond acceptors (Lipinski definition) is 6. The average molecular weight is 1010 g/mol. The molecule has 0 saturated carbocycles. The summed E-state index contributed by atoms with van der Waals surface area (Å²) >= 11 is 0. The predicted octanol–water partition coefficient (Wildman–Crippen LogP) is 20.2. The summed E-state index contributed by atoms with van der Waals surface area (Å²) in [6, 6.07) is 0. The molecule has 0 aromatic carbocycles. The first-order chi connectivity index (χ1) is 36.0. The van der Waals surface area contributed by atoms with Gasteiger partial charge in [0.25, 0.3) is 0 Å². The van der Waals surface area contributed by atoms with Crippen molar-refractivity contribution in [3.8, 4) is 0 Å². The number of carbonyl (C=O) groups is 3. The van der Waals surface area contributed by atoms with Gasteiger partial charge in [0.15, 0.2) is 6.10 Å². The predicted molar refractivity (Wildman–Crippen MR) is 316 cm³/mol. The van der Waals surface area contributed by atoms with Crippen LogP contribution in [0.2, 0.25) is 0 Å². The van der Waals surface area contributed by atoms with E-state index in [0.29, 0.717) is 25.7 Å². The lowest BCUT2D eigenvalue weighted by Gasteiger charge is -2.18. The SMILES string of the molecule is CC/C=C\C/C=C\C/C=C\C/C=C\C/C=C\C/C=C\CCCCC(=O)OCC(COC(=O)CCCCCCC/C=C\C/C=C\CCC)OC(=O)CCCCCCCC/C=C\C/C=C\C/C=C\CCCCCCC. The van der Waals surface area contributed by atoms with Crippen molar-refractivity contribution < 1.29 is 28.6 Å². The van der Waals surface area contributed by atoms with Crippen LogP contribution in [0, 0.1) is 0 Å². The summed E-state index contributed by atoms with van der Waals surface area (Å²) < 4.78 is 16.8. The van der Waals surface area contributed by atoms with E-state index >= 15 is 0 Å². The normalized spacial score (nSPS) is 13.1. The second-order valence-corrected chi connectivity index (χ2v) is 19.2. The van der Waals surface area contributed by atoms with Crippen LogP contribution in [0.3, 0.4) is 0 Å². The van der Waals surface area contributed by atoms with Crippen LogP contribution in [0.25, 0.3) is 0 Å². The Bertz CT molecular complexity index is 1580. The topological polar surface area (TPSA) is 78.9 Å². The zero-order chi connectivity index (χ0) is 52.9. The highest BCUT2D eigenvalue weighted by Crippen LogP contribution is 2.13. The van der Waals surface area contributed by atoms with Crippen molar-refractivity contribution in [3.05, 3.63) is 134 Å². The van der Waals surface area contributed by atoms with Crippen molar-refractivity contribution in [3.63, 3.8) is 0 Å². The maximum absolute atomic E-state index is 12.9. The third-order valence-electron chi connectivity index (χ3n) is 12.1. The number of ether oxygens (including phenoxy) is 3. The summed E-state index contributed by atoms with van der Waals surface area (Å²) in [7, 11) is 0. The number of hydrogen-bond donors (Lipinski definition) is 0. The first kappa shape index (κ1) is 68.6. The summed E-state index contributed by atoms with van der Waals surface area (Å²) in [5.41, 5.74) is 0. The van der Waals surface area contributed by atoms with E-state index in [9.17, 15) is 14.4 Å². The summed E-state index contributed by atoms with van der Waals surface area (Å²) in [6.07, 6.45) is 84.4. The lowest BCUT2D eigenvalue weighted by atomic mass is 10.1. The van der Waals surface area contributed by atoms with Gasteiger partial charge in [0.1, 0.15) is 13.2 Å². The number of esters is 3. The van der Waals surface area contributed by atoms with Crippen molar-refractivity contribution in [2.75, 3.05) is 13.2 Å². The molecule has 412 valence electrons. The van der Waals surface area contributed by atoms with Gasteiger partial charge in [-0.05, 0) is 135 Å². The van der Waals surface area contributed by atoms with E-state index in [1.165, 1.54) is 57.8 Å². The van der Waals surface area contributed by atoms with Crippen LogP contribution in [0.15, 0.2) is 134 Å². The molecule has 0 rings (SSSR count). The lowest BCUT2D eigenvalue weighted by Crippen LogP contribution is -2.30. The summed E-state index contributed by atoms with van der Waals surface area (Å²) in [4.78, 5) is 38.2. The molecule has 0 N–H and O–H groups in total. The molecule has 0 fully saturated rings. The molecule has 6 nitrogen and oxygen atoms in total. The fraction of sp³-hybridized carbons (Fsp3) is 0.627. The number of allylic oxidation sites excluding steroid dienone is 22. The van der Waals surface area contributed by atoms with Crippen LogP contribution >= 0.6 is 0 Å². The van der Waals surface area contributed by atoms with Crippen molar-refractivity contribution in [2.45, 2.75) is 258 Å². The standard InChI is InChI=1S/C67H108O6/c1-4-7-10-13-16-19-22-25-27-29-31-33-35-37-39-42-45-48-51-54-57-60-66(69)72-63-64(62-71-65(68)59-56-53-50-47-44-41-24-21-18-15-12-9-6-3)73-67(70)61-58-55-52-49-46-43-40-38-36-34-32-30-28-26-23-20-17-14-11-8-5-2/h7,10,12,15-16,19,21,23-27,30-33,36-39,45,48,64H,4-6,8-9,11,13-14,17-18,20,22,28-29,34-35,40-44,46-47,49-63H2,1-3H3/b10-7-,15-12-,19-16-,24-21-,26-23-,27-25-,32-30-,33-31-,38-36-,39-37-,48-45-. The molecule has 0 amide bonds. The van der Waals surface area contributed by atoms with E-state index in [1.807, 2.05) is 0 Å². The molecule has 73 heavy (non-hydrogen) atoms. The van der Waals surface area contributed by atoms with Crippen LogP contribution in [0.5, 0.6) is 0 Å². The molecule has 0 saturated heterocycles. The van der Waals surface area contributed by atoms with Crippen LogP contribution in [0.4, 0.5) is 0 Å². The van der Waals surface area contributed by atoms with Gasteiger partial charge < -0.3 is 14.2 Å². The molecule has 0 bridgehead atoms. The van der Waals surface area contributed by atoms with Gasteiger partial charge in [-0.15, -0.1) is 0 Å². The molecule has 1 unspecified atom stereocenters. The van der Waals surface area contributed by atoms with Crippen molar-refractivity contribution in [2.24, 2.45) is 0 Å². The minimum Gasteiger partial charge on any atom is -0.462 e. The van der Waals surface area contributed by atoms with Crippen molar-refractivity contribution in [1.29, 1.82) is 0 Å². The second-order valence-electron chi connectivity index (χ2n) is 19.2. The summed E-state index contributed by atoms with van der Waals surface area (Å²) in [6.45, 7) is 6.38. The zero-order valence-corrected chi connectivity index (χ0v) is 47.1. The van der Waals surface area contributed by atoms with E-state index in [-0.39, 0.29) is 31.1 Å². The Labute approximate surface area is 449 Å². The molecular formula is C67H108O6. The maximum Gasteiger partial charge on any atom is 0.306 e. The summed E-state index contributed by atoms with van der Waals surface area (Å²) in [5, 5.41) is 0. The zero-order valence-electron chi connectivity index (χ0n) is 47.1. The van der Waals surface area contributed by atoms with E-state index in [1.54, 1.807) is 0 Å². The maximum atomic E-state index is 12.9. The number of unbranched alkanes of at least 4 members (excludes halogenated alkanes) is 19. The van der Waals surface area contributed by atoms with Gasteiger partial charge in [-0.1, -0.05) is 231 Å². The minimum atomic E-state index is -0.815.